The van der Waals surface area contributed by atoms with Crippen LogP contribution in [-0.4, -0.2) is 48.3 Å². The largest absolute Gasteiger partial charge is 0.497 e. The number of carbonyl (C=O) groups excluding carboxylic acids is 2. The van der Waals surface area contributed by atoms with E-state index >= 15 is 0 Å². The van der Waals surface area contributed by atoms with Gasteiger partial charge >= 0.3 is 6.09 Å². The van der Waals surface area contributed by atoms with Gasteiger partial charge < -0.3 is 24.4 Å². The van der Waals surface area contributed by atoms with Crippen LogP contribution in [0.1, 0.15) is 67.4 Å². The molecule has 7 heteroatoms. The number of carbonyl (C=O) groups is 2. The lowest BCUT2D eigenvalue weighted by molar-refractivity contribution is -0.0107. The normalized spacial score (nSPS) is 25.1. The van der Waals surface area contributed by atoms with Crippen molar-refractivity contribution >= 4 is 12.0 Å². The van der Waals surface area contributed by atoms with Gasteiger partial charge in [0.2, 0.25) is 0 Å². The lowest BCUT2D eigenvalue weighted by Crippen LogP contribution is -2.53. The van der Waals surface area contributed by atoms with Crippen molar-refractivity contribution < 1.29 is 23.8 Å². The van der Waals surface area contributed by atoms with E-state index in [1.54, 1.807) is 7.11 Å². The molecule has 186 valence electrons. The van der Waals surface area contributed by atoms with Crippen molar-refractivity contribution in [3.8, 4) is 11.5 Å². The Bertz CT molecular complexity index is 1110. The molecule has 0 unspecified atom stereocenters. The molecule has 35 heavy (non-hydrogen) atoms. The topological polar surface area (TPSA) is 77.1 Å². The van der Waals surface area contributed by atoms with Crippen molar-refractivity contribution in [2.45, 2.75) is 70.2 Å². The van der Waals surface area contributed by atoms with Crippen molar-refractivity contribution in [3.63, 3.8) is 0 Å². The molecular formula is C28H34N2O5. The van der Waals surface area contributed by atoms with Gasteiger partial charge in [0, 0.05) is 30.1 Å². The number of nitrogens with one attached hydrogen (secondary N) is 1. The van der Waals surface area contributed by atoms with Crippen molar-refractivity contribution in [1.29, 1.82) is 0 Å². The molecule has 2 fully saturated rings. The van der Waals surface area contributed by atoms with Crippen LogP contribution in [0.3, 0.4) is 0 Å². The van der Waals surface area contributed by atoms with E-state index in [0.29, 0.717) is 24.5 Å². The van der Waals surface area contributed by atoms with Crippen LogP contribution in [0, 0.1) is 5.92 Å². The third-order valence-electron chi connectivity index (χ3n) is 7.44. The third-order valence-corrected chi connectivity index (χ3v) is 7.44. The summed E-state index contributed by atoms with van der Waals surface area (Å²) in [6, 6.07) is 14.1. The number of ether oxygens (including phenoxy) is 3. The molecule has 2 aromatic carbocycles. The van der Waals surface area contributed by atoms with Crippen LogP contribution in [0.2, 0.25) is 0 Å². The van der Waals surface area contributed by atoms with Gasteiger partial charge in [-0.2, -0.15) is 0 Å². The number of benzene rings is 2. The average Bonchev–Trinajstić information content (AvgIpc) is 3.36. The fraction of sp³-hybridized carbons (Fsp3) is 0.500. The molecule has 2 amide bonds. The lowest BCUT2D eigenvalue weighted by atomic mass is 9.76. The monoisotopic (exact) mass is 478 g/mol. The average molecular weight is 479 g/mol. The number of hydrogen-bond acceptors (Lipinski definition) is 5. The van der Waals surface area contributed by atoms with Crippen LogP contribution in [0.15, 0.2) is 42.5 Å². The van der Waals surface area contributed by atoms with E-state index in [4.69, 9.17) is 14.2 Å². The first kappa shape index (κ1) is 23.5. The van der Waals surface area contributed by atoms with E-state index in [2.05, 4.69) is 17.4 Å². The summed E-state index contributed by atoms with van der Waals surface area (Å²) in [5.41, 5.74) is 2.36. The molecular weight excluding hydrogens is 444 g/mol. The predicted octanol–water partition coefficient (Wildman–Crippen LogP) is 4.89. The van der Waals surface area contributed by atoms with Crippen LogP contribution in [-0.2, 0) is 11.3 Å². The summed E-state index contributed by atoms with van der Waals surface area (Å²) in [7, 11) is 1.67. The van der Waals surface area contributed by atoms with Gasteiger partial charge in [0.05, 0.1) is 13.7 Å². The molecule has 3 heterocycles. The fourth-order valence-corrected chi connectivity index (χ4v) is 5.83. The molecule has 2 bridgehead atoms. The molecule has 7 nitrogen and oxygen atoms in total. The smallest absolute Gasteiger partial charge is 0.410 e. The first-order valence-corrected chi connectivity index (χ1v) is 12.4. The highest BCUT2D eigenvalue weighted by molar-refractivity contribution is 5.98. The highest BCUT2D eigenvalue weighted by atomic mass is 16.6. The zero-order chi connectivity index (χ0) is 24.7. The maximum atomic E-state index is 13.2. The Kier molecular flexibility index (Phi) is 6.11. The second-order valence-electron chi connectivity index (χ2n) is 10.8. The van der Waals surface area contributed by atoms with Gasteiger partial charge in [-0.05, 0) is 81.3 Å². The third kappa shape index (κ3) is 4.68. The maximum absolute atomic E-state index is 13.2. The number of nitrogens with zero attached hydrogens (tertiary/aromatic N) is 1. The first-order chi connectivity index (χ1) is 16.7. The molecule has 0 radical (unpaired) electrons. The summed E-state index contributed by atoms with van der Waals surface area (Å²) in [5, 5.41) is 2.85. The van der Waals surface area contributed by atoms with Crippen molar-refractivity contribution in [2.24, 2.45) is 5.92 Å². The molecule has 0 saturated carbocycles. The number of piperidine rings is 1. The molecule has 3 aliphatic rings. The van der Waals surface area contributed by atoms with Gasteiger partial charge in [-0.25, -0.2) is 4.79 Å². The molecule has 0 spiro atoms. The van der Waals surface area contributed by atoms with E-state index in [1.165, 1.54) is 5.56 Å². The zero-order valence-electron chi connectivity index (χ0n) is 20.9. The van der Waals surface area contributed by atoms with Gasteiger partial charge in [-0.1, -0.05) is 18.2 Å². The highest BCUT2D eigenvalue weighted by Crippen LogP contribution is 2.48. The Morgan fingerprint density at radius 1 is 1.09 bits per heavy atom. The molecule has 2 aromatic rings. The minimum absolute atomic E-state index is 0.0356. The number of rotatable bonds is 5. The molecule has 3 aliphatic heterocycles. The van der Waals surface area contributed by atoms with Crippen LogP contribution in [0.25, 0.3) is 0 Å². The van der Waals surface area contributed by atoms with Crippen molar-refractivity contribution in [1.82, 2.24) is 10.2 Å². The Balaban J connectivity index is 1.41. The van der Waals surface area contributed by atoms with E-state index in [-0.39, 0.29) is 35.9 Å². The van der Waals surface area contributed by atoms with Crippen LogP contribution in [0.5, 0.6) is 11.5 Å². The minimum Gasteiger partial charge on any atom is -0.497 e. The summed E-state index contributed by atoms with van der Waals surface area (Å²) in [6.07, 6.45) is 2.52. The Hall–Kier alpha value is -3.22. The fourth-order valence-electron chi connectivity index (χ4n) is 5.83. The molecule has 5 rings (SSSR count). The summed E-state index contributed by atoms with van der Waals surface area (Å²) in [4.78, 5) is 27.3. The standard InChI is InChI=1S/C28H34N2O5/c1-28(2,3)35-27(32)30-19-8-12-25(30)24(22(13-19)17-5-9-20(33-4)10-6-17)16-34-21-11-7-18-15-29-26(31)23(18)14-21/h5-7,9-11,14,19,22,24-25H,8,12-13,15-16H2,1-4H3,(H,29,31)/t19-,22-,24-,25+/m1/s1. The summed E-state index contributed by atoms with van der Waals surface area (Å²) >= 11 is 0. The molecule has 0 aliphatic carbocycles. The maximum Gasteiger partial charge on any atom is 0.410 e. The minimum atomic E-state index is -0.541. The van der Waals surface area contributed by atoms with Gasteiger partial charge in [0.15, 0.2) is 0 Å². The lowest BCUT2D eigenvalue weighted by Gasteiger charge is -2.45. The Morgan fingerprint density at radius 2 is 1.83 bits per heavy atom. The van der Waals surface area contributed by atoms with Gasteiger partial charge in [0.1, 0.15) is 17.1 Å². The van der Waals surface area contributed by atoms with Gasteiger partial charge in [0.25, 0.3) is 5.91 Å². The number of methoxy groups -OCH3 is 1. The first-order valence-electron chi connectivity index (χ1n) is 12.4. The SMILES string of the molecule is COc1ccc([C@H]2C[C@H]3CC[C@@H]([C@@H]2COc2ccc4c(c2)C(=O)NC4)N3C(=O)OC(C)(C)C)cc1. The van der Waals surface area contributed by atoms with Crippen molar-refractivity contribution in [2.75, 3.05) is 13.7 Å². The number of fused-ring (bicyclic) bond motifs is 3. The zero-order valence-corrected chi connectivity index (χ0v) is 20.9. The van der Waals surface area contributed by atoms with E-state index in [1.807, 2.05) is 56.0 Å². The van der Waals surface area contributed by atoms with E-state index < -0.39 is 5.60 Å². The second-order valence-corrected chi connectivity index (χ2v) is 10.8. The van der Waals surface area contributed by atoms with Gasteiger partial charge in [-0.15, -0.1) is 0 Å². The number of hydrogen-bond donors (Lipinski definition) is 1. The summed E-state index contributed by atoms with van der Waals surface area (Å²) < 4.78 is 17.5. The van der Waals surface area contributed by atoms with Crippen LogP contribution in [0.4, 0.5) is 4.79 Å². The molecule has 0 aromatic heterocycles. The number of amides is 2. The van der Waals surface area contributed by atoms with Crippen LogP contribution < -0.4 is 14.8 Å². The molecule has 1 N–H and O–H groups in total. The molecule has 2 saturated heterocycles. The van der Waals surface area contributed by atoms with Crippen LogP contribution >= 0.6 is 0 Å². The summed E-state index contributed by atoms with van der Waals surface area (Å²) in [6.45, 7) is 6.73. The summed E-state index contributed by atoms with van der Waals surface area (Å²) in [5.74, 6) is 1.78. The Morgan fingerprint density at radius 3 is 2.54 bits per heavy atom. The van der Waals surface area contributed by atoms with E-state index in [0.717, 1.165) is 30.6 Å². The highest BCUT2D eigenvalue weighted by Gasteiger charge is 2.51. The Labute approximate surface area is 206 Å². The van der Waals surface area contributed by atoms with Crippen molar-refractivity contribution in [3.05, 3.63) is 59.2 Å². The van der Waals surface area contributed by atoms with Gasteiger partial charge in [-0.3, -0.25) is 4.79 Å². The molecule has 4 atom stereocenters. The second kappa shape index (κ2) is 9.10. The predicted molar refractivity (Wildman–Crippen MR) is 132 cm³/mol. The van der Waals surface area contributed by atoms with E-state index in [9.17, 15) is 9.59 Å². The quantitative estimate of drug-likeness (QED) is 0.662.